The number of carbonyl (C=O) groups is 1. The maximum Gasteiger partial charge on any atom is 0.335 e. The molecule has 2 aromatic carbocycles. The predicted molar refractivity (Wildman–Crippen MR) is 98.3 cm³/mol. The molecule has 2 heterocycles. The highest BCUT2D eigenvalue weighted by Crippen LogP contribution is 2.33. The predicted octanol–water partition coefficient (Wildman–Crippen LogP) is 3.80. The van der Waals surface area contributed by atoms with E-state index in [1.807, 2.05) is 30.6 Å². The van der Waals surface area contributed by atoms with E-state index < -0.39 is 5.97 Å². The van der Waals surface area contributed by atoms with Crippen molar-refractivity contribution in [1.29, 1.82) is 0 Å². The Labute approximate surface area is 151 Å². The monoisotopic (exact) mass is 348 g/mol. The molecular weight excluding hydrogens is 328 g/mol. The number of aromatic nitrogens is 2. The number of carboxylic acid groups (broad SMARTS) is 1. The third kappa shape index (κ3) is 3.26. The van der Waals surface area contributed by atoms with E-state index in [9.17, 15) is 9.90 Å². The molecule has 5 nitrogen and oxygen atoms in total. The van der Waals surface area contributed by atoms with Crippen LogP contribution in [0.4, 0.5) is 0 Å². The summed E-state index contributed by atoms with van der Waals surface area (Å²) < 4.78 is 7.74. The molecule has 5 heteroatoms. The van der Waals surface area contributed by atoms with Crippen molar-refractivity contribution in [2.24, 2.45) is 0 Å². The number of ether oxygens (including phenoxy) is 1. The van der Waals surface area contributed by atoms with Crippen LogP contribution in [-0.2, 0) is 11.3 Å². The summed E-state index contributed by atoms with van der Waals surface area (Å²) in [7, 11) is 0. The SMILES string of the molecule is O=C(O)c1cccc(Cn2cnc(-c3ccccc3)c2[C@H]2CCOC2)c1. The summed E-state index contributed by atoms with van der Waals surface area (Å²) in [5, 5.41) is 9.22. The van der Waals surface area contributed by atoms with Crippen molar-refractivity contribution in [2.45, 2.75) is 18.9 Å². The Morgan fingerprint density at radius 1 is 1.19 bits per heavy atom. The fourth-order valence-corrected chi connectivity index (χ4v) is 3.51. The van der Waals surface area contributed by atoms with Crippen LogP contribution in [-0.4, -0.2) is 33.8 Å². The van der Waals surface area contributed by atoms with Crippen LogP contribution < -0.4 is 0 Å². The molecule has 1 aliphatic heterocycles. The molecule has 1 aromatic heterocycles. The van der Waals surface area contributed by atoms with Crippen molar-refractivity contribution in [3.63, 3.8) is 0 Å². The summed E-state index contributed by atoms with van der Waals surface area (Å²) >= 11 is 0. The van der Waals surface area contributed by atoms with Crippen LogP contribution in [0.1, 0.15) is 34.0 Å². The summed E-state index contributed by atoms with van der Waals surface area (Å²) in [6.07, 6.45) is 2.82. The van der Waals surface area contributed by atoms with Crippen molar-refractivity contribution in [3.8, 4) is 11.3 Å². The number of rotatable bonds is 5. The Kier molecular flexibility index (Phi) is 4.54. The first-order valence-electron chi connectivity index (χ1n) is 8.73. The summed E-state index contributed by atoms with van der Waals surface area (Å²) in [6, 6.07) is 17.2. The molecule has 1 saturated heterocycles. The van der Waals surface area contributed by atoms with Crippen LogP contribution in [0.15, 0.2) is 60.9 Å². The third-order valence-corrected chi connectivity index (χ3v) is 4.77. The van der Waals surface area contributed by atoms with Crippen LogP contribution >= 0.6 is 0 Å². The van der Waals surface area contributed by atoms with E-state index in [4.69, 9.17) is 4.74 Å². The van der Waals surface area contributed by atoms with Crippen LogP contribution in [0.5, 0.6) is 0 Å². The minimum Gasteiger partial charge on any atom is -0.478 e. The number of aromatic carboxylic acids is 1. The van der Waals surface area contributed by atoms with Crippen molar-refractivity contribution < 1.29 is 14.6 Å². The molecule has 132 valence electrons. The average molecular weight is 348 g/mol. The first-order chi connectivity index (χ1) is 12.7. The van der Waals surface area contributed by atoms with Gasteiger partial charge in [0.2, 0.25) is 0 Å². The van der Waals surface area contributed by atoms with Crippen molar-refractivity contribution in [1.82, 2.24) is 9.55 Å². The maximum atomic E-state index is 11.2. The lowest BCUT2D eigenvalue weighted by Gasteiger charge is -2.15. The van der Waals surface area contributed by atoms with Gasteiger partial charge >= 0.3 is 5.97 Å². The van der Waals surface area contributed by atoms with Crippen molar-refractivity contribution >= 4 is 5.97 Å². The standard InChI is InChI=1S/C21H20N2O3/c24-21(25)17-8-4-5-15(11-17)12-23-14-22-19(16-6-2-1-3-7-16)20(23)18-9-10-26-13-18/h1-8,11,14,18H,9-10,12-13H2,(H,24,25)/t18-/m0/s1. The second-order valence-corrected chi connectivity index (χ2v) is 6.54. The van der Waals surface area contributed by atoms with E-state index >= 15 is 0 Å². The lowest BCUT2D eigenvalue weighted by molar-refractivity contribution is 0.0696. The zero-order valence-electron chi connectivity index (χ0n) is 14.3. The van der Waals surface area contributed by atoms with E-state index in [0.717, 1.165) is 35.5 Å². The van der Waals surface area contributed by atoms with Gasteiger partial charge in [0, 0.05) is 24.6 Å². The molecular formula is C21H20N2O3. The van der Waals surface area contributed by atoms with Crippen LogP contribution in [0, 0.1) is 0 Å². The first-order valence-corrected chi connectivity index (χ1v) is 8.73. The molecule has 0 aliphatic carbocycles. The fourth-order valence-electron chi connectivity index (χ4n) is 3.51. The summed E-state index contributed by atoms with van der Waals surface area (Å²) in [5.74, 6) is -0.609. The van der Waals surface area contributed by atoms with Gasteiger partial charge in [0.1, 0.15) is 0 Å². The molecule has 0 bridgehead atoms. The molecule has 1 fully saturated rings. The van der Waals surface area contributed by atoms with Crippen molar-refractivity contribution in [2.75, 3.05) is 13.2 Å². The van der Waals surface area contributed by atoms with Crippen molar-refractivity contribution in [3.05, 3.63) is 77.7 Å². The van der Waals surface area contributed by atoms with Gasteiger partial charge in [-0.15, -0.1) is 0 Å². The minimum absolute atomic E-state index is 0.301. The van der Waals surface area contributed by atoms with Gasteiger partial charge in [-0.25, -0.2) is 9.78 Å². The molecule has 1 aliphatic rings. The number of hydrogen-bond donors (Lipinski definition) is 1. The molecule has 1 atom stereocenters. The van der Waals surface area contributed by atoms with E-state index in [1.54, 1.807) is 18.2 Å². The van der Waals surface area contributed by atoms with E-state index in [0.29, 0.717) is 24.6 Å². The Morgan fingerprint density at radius 3 is 2.77 bits per heavy atom. The Hall–Kier alpha value is -2.92. The molecule has 0 unspecified atom stereocenters. The summed E-state index contributed by atoms with van der Waals surface area (Å²) in [4.78, 5) is 15.9. The van der Waals surface area contributed by atoms with Crippen LogP contribution in [0.3, 0.4) is 0 Å². The number of benzene rings is 2. The number of hydrogen-bond acceptors (Lipinski definition) is 3. The molecule has 3 aromatic rings. The van der Waals surface area contributed by atoms with E-state index in [1.165, 1.54) is 0 Å². The molecule has 0 saturated carbocycles. The third-order valence-electron chi connectivity index (χ3n) is 4.77. The van der Waals surface area contributed by atoms with E-state index in [-0.39, 0.29) is 0 Å². The summed E-state index contributed by atoms with van der Waals surface area (Å²) in [5.41, 5.74) is 4.48. The summed E-state index contributed by atoms with van der Waals surface area (Å²) in [6.45, 7) is 2.05. The number of imidazole rings is 1. The van der Waals surface area contributed by atoms with Gasteiger partial charge in [-0.1, -0.05) is 42.5 Å². The second-order valence-electron chi connectivity index (χ2n) is 6.54. The number of nitrogens with zero attached hydrogens (tertiary/aromatic N) is 2. The molecule has 1 N–H and O–H groups in total. The van der Waals surface area contributed by atoms with Gasteiger partial charge < -0.3 is 14.4 Å². The van der Waals surface area contributed by atoms with Gasteiger partial charge in [0.25, 0.3) is 0 Å². The minimum atomic E-state index is -0.910. The van der Waals surface area contributed by atoms with Gasteiger partial charge in [-0.2, -0.15) is 0 Å². The zero-order chi connectivity index (χ0) is 17.9. The zero-order valence-corrected chi connectivity index (χ0v) is 14.3. The second kappa shape index (κ2) is 7.14. The largest absolute Gasteiger partial charge is 0.478 e. The molecule has 0 amide bonds. The Balaban J connectivity index is 1.73. The van der Waals surface area contributed by atoms with Gasteiger partial charge in [0.05, 0.1) is 29.9 Å². The normalized spacial score (nSPS) is 16.7. The smallest absolute Gasteiger partial charge is 0.335 e. The van der Waals surface area contributed by atoms with Gasteiger partial charge in [-0.3, -0.25) is 0 Å². The van der Waals surface area contributed by atoms with Gasteiger partial charge in [-0.05, 0) is 24.1 Å². The maximum absolute atomic E-state index is 11.2. The quantitative estimate of drug-likeness (QED) is 0.762. The average Bonchev–Trinajstić information content (AvgIpc) is 3.32. The molecule has 4 rings (SSSR count). The van der Waals surface area contributed by atoms with Gasteiger partial charge in [0.15, 0.2) is 0 Å². The Bertz CT molecular complexity index is 912. The molecule has 0 radical (unpaired) electrons. The lowest BCUT2D eigenvalue weighted by Crippen LogP contribution is -2.10. The molecule has 0 spiro atoms. The highest BCUT2D eigenvalue weighted by molar-refractivity contribution is 5.87. The fraction of sp³-hybridized carbons (Fsp3) is 0.238. The van der Waals surface area contributed by atoms with Crippen LogP contribution in [0.25, 0.3) is 11.3 Å². The highest BCUT2D eigenvalue weighted by Gasteiger charge is 2.26. The molecule has 26 heavy (non-hydrogen) atoms. The van der Waals surface area contributed by atoms with E-state index in [2.05, 4.69) is 21.7 Å². The number of carboxylic acids is 1. The topological polar surface area (TPSA) is 64.3 Å². The Morgan fingerprint density at radius 2 is 2.04 bits per heavy atom. The lowest BCUT2D eigenvalue weighted by atomic mass is 9.99. The first kappa shape index (κ1) is 16.5. The van der Waals surface area contributed by atoms with Crippen LogP contribution in [0.2, 0.25) is 0 Å². The highest BCUT2D eigenvalue weighted by atomic mass is 16.5.